The van der Waals surface area contributed by atoms with Gasteiger partial charge in [-0.3, -0.25) is 4.68 Å². The van der Waals surface area contributed by atoms with Gasteiger partial charge in [0.05, 0.1) is 28.6 Å². The second-order valence-corrected chi connectivity index (χ2v) is 7.35. The van der Waals surface area contributed by atoms with Crippen molar-refractivity contribution >= 4 is 34.9 Å². The molecule has 2 aliphatic rings. The summed E-state index contributed by atoms with van der Waals surface area (Å²) in [6.07, 6.45) is 8.85. The molecule has 0 spiro atoms. The van der Waals surface area contributed by atoms with E-state index in [0.717, 1.165) is 35.7 Å². The maximum atomic E-state index is 7.68. The maximum Gasteiger partial charge on any atom is 0.0770 e. The van der Waals surface area contributed by atoms with E-state index in [-0.39, 0.29) is 0 Å². The lowest BCUT2D eigenvalue weighted by molar-refractivity contribution is 0.642. The van der Waals surface area contributed by atoms with Gasteiger partial charge in [-0.1, -0.05) is 18.5 Å². The minimum absolute atomic E-state index is 0.564. The standard InChI is InChI=1S/C18H22ClN5/c1-12-4-5-23(10-12)18-7-17(13(8-20)6-16(18)19)22-14-9-21-24(11-14)15-2-3-15/h6-9,11-12,15,20,22H,2-5,10H2,1H3. The molecule has 5 nitrogen and oxygen atoms in total. The van der Waals surface area contributed by atoms with Crippen LogP contribution in [0.25, 0.3) is 0 Å². The van der Waals surface area contributed by atoms with E-state index >= 15 is 0 Å². The van der Waals surface area contributed by atoms with Crippen LogP contribution in [0.2, 0.25) is 5.02 Å². The molecule has 6 heteroatoms. The van der Waals surface area contributed by atoms with Crippen LogP contribution in [-0.4, -0.2) is 29.1 Å². The van der Waals surface area contributed by atoms with Gasteiger partial charge in [-0.15, -0.1) is 0 Å². The lowest BCUT2D eigenvalue weighted by Gasteiger charge is -2.22. The quantitative estimate of drug-likeness (QED) is 0.788. The lowest BCUT2D eigenvalue weighted by Crippen LogP contribution is -2.19. The summed E-state index contributed by atoms with van der Waals surface area (Å²) in [5.74, 6) is 0.691. The zero-order valence-corrected chi connectivity index (χ0v) is 14.6. The van der Waals surface area contributed by atoms with Crippen LogP contribution in [0, 0.1) is 11.3 Å². The van der Waals surface area contributed by atoms with E-state index in [2.05, 4.69) is 28.3 Å². The van der Waals surface area contributed by atoms with E-state index in [1.807, 2.05) is 23.1 Å². The summed E-state index contributed by atoms with van der Waals surface area (Å²) in [5, 5.41) is 16.2. The summed E-state index contributed by atoms with van der Waals surface area (Å²) < 4.78 is 2.02. The Kier molecular flexibility index (Phi) is 3.96. The van der Waals surface area contributed by atoms with Gasteiger partial charge in [-0.25, -0.2) is 0 Å². The van der Waals surface area contributed by atoms with Crippen LogP contribution in [0.3, 0.4) is 0 Å². The van der Waals surface area contributed by atoms with Crippen molar-refractivity contribution < 1.29 is 0 Å². The first-order valence-corrected chi connectivity index (χ1v) is 8.92. The summed E-state index contributed by atoms with van der Waals surface area (Å²) in [4.78, 5) is 2.33. The highest BCUT2D eigenvalue weighted by atomic mass is 35.5. The fourth-order valence-corrected chi connectivity index (χ4v) is 3.59. The molecule has 1 aliphatic carbocycles. The third-order valence-corrected chi connectivity index (χ3v) is 5.14. The van der Waals surface area contributed by atoms with E-state index in [1.54, 1.807) is 0 Å². The van der Waals surface area contributed by atoms with Gasteiger partial charge in [-0.2, -0.15) is 5.10 Å². The van der Waals surface area contributed by atoms with Crippen molar-refractivity contribution in [2.24, 2.45) is 5.92 Å². The van der Waals surface area contributed by atoms with Gasteiger partial charge in [0.2, 0.25) is 0 Å². The number of hydrogen-bond acceptors (Lipinski definition) is 4. The Labute approximate surface area is 147 Å². The molecule has 2 N–H and O–H groups in total. The SMILES string of the molecule is CC1CCN(c2cc(Nc3cnn(C4CC4)c3)c(C=N)cc2Cl)C1. The van der Waals surface area contributed by atoms with Gasteiger partial charge in [-0.05, 0) is 37.3 Å². The lowest BCUT2D eigenvalue weighted by atomic mass is 10.1. The molecule has 0 radical (unpaired) electrons. The van der Waals surface area contributed by atoms with Gasteiger partial charge < -0.3 is 15.6 Å². The Balaban J connectivity index is 1.63. The first kappa shape index (κ1) is 15.5. The molecule has 24 heavy (non-hydrogen) atoms. The molecule has 126 valence electrons. The molecular weight excluding hydrogens is 322 g/mol. The number of anilines is 3. The molecule has 0 amide bonds. The molecule has 1 saturated carbocycles. The van der Waals surface area contributed by atoms with Crippen LogP contribution >= 0.6 is 11.6 Å². The number of aromatic nitrogens is 2. The number of nitrogens with one attached hydrogen (secondary N) is 2. The smallest absolute Gasteiger partial charge is 0.0770 e. The number of halogens is 1. The highest BCUT2D eigenvalue weighted by molar-refractivity contribution is 6.33. The fraction of sp³-hybridized carbons (Fsp3) is 0.444. The molecule has 1 aromatic heterocycles. The van der Waals surface area contributed by atoms with Crippen LogP contribution in [0.1, 0.15) is 37.8 Å². The average Bonchev–Trinajstić information content (AvgIpc) is 3.17. The monoisotopic (exact) mass is 343 g/mol. The van der Waals surface area contributed by atoms with E-state index < -0.39 is 0 Å². The van der Waals surface area contributed by atoms with Crippen molar-refractivity contribution in [1.29, 1.82) is 5.41 Å². The normalized spacial score (nSPS) is 20.4. The van der Waals surface area contributed by atoms with Gasteiger partial charge >= 0.3 is 0 Å². The molecule has 2 heterocycles. The highest BCUT2D eigenvalue weighted by Crippen LogP contribution is 2.37. The van der Waals surface area contributed by atoms with Crippen LogP contribution in [0.5, 0.6) is 0 Å². The molecule has 1 saturated heterocycles. The number of nitrogens with zero attached hydrogens (tertiary/aromatic N) is 3. The first-order chi connectivity index (χ1) is 11.6. The highest BCUT2D eigenvalue weighted by Gasteiger charge is 2.25. The molecular formula is C18H22ClN5. The van der Waals surface area contributed by atoms with Crippen LogP contribution in [-0.2, 0) is 0 Å². The molecule has 1 aliphatic heterocycles. The van der Waals surface area contributed by atoms with Crippen LogP contribution < -0.4 is 10.2 Å². The van der Waals surface area contributed by atoms with Crippen LogP contribution in [0.15, 0.2) is 24.5 Å². The van der Waals surface area contributed by atoms with E-state index in [0.29, 0.717) is 17.0 Å². The van der Waals surface area contributed by atoms with Gasteiger partial charge in [0, 0.05) is 36.8 Å². The number of benzene rings is 1. The first-order valence-electron chi connectivity index (χ1n) is 8.54. The summed E-state index contributed by atoms with van der Waals surface area (Å²) in [6, 6.07) is 4.50. The van der Waals surface area contributed by atoms with Crippen molar-refractivity contribution in [3.05, 3.63) is 35.1 Å². The third kappa shape index (κ3) is 3.00. The second-order valence-electron chi connectivity index (χ2n) is 6.94. The summed E-state index contributed by atoms with van der Waals surface area (Å²) in [5.41, 5.74) is 3.69. The molecule has 0 bridgehead atoms. The molecule has 2 aromatic rings. The predicted octanol–water partition coefficient (Wildman–Crippen LogP) is 4.46. The Morgan fingerprint density at radius 3 is 2.83 bits per heavy atom. The van der Waals surface area contributed by atoms with E-state index in [1.165, 1.54) is 25.5 Å². The Morgan fingerprint density at radius 2 is 2.17 bits per heavy atom. The Bertz CT molecular complexity index is 765. The zero-order chi connectivity index (χ0) is 16.7. The van der Waals surface area contributed by atoms with Crippen molar-refractivity contribution in [2.45, 2.75) is 32.2 Å². The summed E-state index contributed by atoms with van der Waals surface area (Å²) in [7, 11) is 0. The minimum Gasteiger partial charge on any atom is -0.370 e. The second kappa shape index (κ2) is 6.13. The topological polar surface area (TPSA) is 56.9 Å². The molecule has 4 rings (SSSR count). The van der Waals surface area contributed by atoms with Gasteiger partial charge in [0.25, 0.3) is 0 Å². The third-order valence-electron chi connectivity index (χ3n) is 4.84. The van der Waals surface area contributed by atoms with Crippen molar-refractivity contribution in [3.8, 4) is 0 Å². The van der Waals surface area contributed by atoms with E-state index in [9.17, 15) is 0 Å². The number of rotatable bonds is 5. The summed E-state index contributed by atoms with van der Waals surface area (Å²) >= 11 is 6.48. The molecule has 1 aromatic carbocycles. The maximum absolute atomic E-state index is 7.68. The van der Waals surface area contributed by atoms with Crippen molar-refractivity contribution in [1.82, 2.24) is 9.78 Å². The molecule has 1 unspecified atom stereocenters. The van der Waals surface area contributed by atoms with E-state index in [4.69, 9.17) is 17.0 Å². The van der Waals surface area contributed by atoms with Gasteiger partial charge in [0.1, 0.15) is 0 Å². The minimum atomic E-state index is 0.564. The Morgan fingerprint density at radius 1 is 1.33 bits per heavy atom. The Hall–Kier alpha value is -2.01. The van der Waals surface area contributed by atoms with Crippen molar-refractivity contribution in [3.63, 3.8) is 0 Å². The van der Waals surface area contributed by atoms with Gasteiger partial charge in [0.15, 0.2) is 0 Å². The van der Waals surface area contributed by atoms with Crippen LogP contribution in [0.4, 0.5) is 17.1 Å². The number of hydrogen-bond donors (Lipinski definition) is 2. The molecule has 2 fully saturated rings. The largest absolute Gasteiger partial charge is 0.370 e. The fourth-order valence-electron chi connectivity index (χ4n) is 3.30. The van der Waals surface area contributed by atoms with Crippen molar-refractivity contribution in [2.75, 3.05) is 23.3 Å². The molecule has 1 atom stereocenters. The predicted molar refractivity (Wildman–Crippen MR) is 99.1 cm³/mol. The zero-order valence-electron chi connectivity index (χ0n) is 13.8. The average molecular weight is 344 g/mol. The summed E-state index contributed by atoms with van der Waals surface area (Å²) in [6.45, 7) is 4.33.